The van der Waals surface area contributed by atoms with Crippen molar-refractivity contribution in [3.8, 4) is 0 Å². The smallest absolute Gasteiger partial charge is 0.303 e. The highest BCUT2D eigenvalue weighted by Crippen LogP contribution is 2.67. The fraction of sp³-hybridized carbons (Fsp3) is 0.696. The number of ether oxygens (including phenoxy) is 1. The van der Waals surface area contributed by atoms with E-state index in [1.807, 2.05) is 6.08 Å². The zero-order chi connectivity index (χ0) is 19.6. The van der Waals surface area contributed by atoms with Crippen LogP contribution in [0.5, 0.6) is 0 Å². The minimum Gasteiger partial charge on any atom is -0.446 e. The van der Waals surface area contributed by atoms with Gasteiger partial charge in [0.25, 0.3) is 0 Å². The van der Waals surface area contributed by atoms with Gasteiger partial charge in [-0.2, -0.15) is 0 Å². The summed E-state index contributed by atoms with van der Waals surface area (Å²) in [6.45, 7) is 9.30. The third-order valence-corrected chi connectivity index (χ3v) is 8.25. The highest BCUT2D eigenvalue weighted by atomic mass is 16.6. The zero-order valence-corrected chi connectivity index (χ0v) is 16.7. The average molecular weight is 370 g/mol. The Morgan fingerprint density at radius 2 is 1.89 bits per heavy atom. The first-order valence-electron chi connectivity index (χ1n) is 10.3. The quantitative estimate of drug-likeness (QED) is 0.540. The normalized spacial score (nSPS) is 43.3. The Hall–Kier alpha value is -1.71. The molecule has 0 aromatic carbocycles. The summed E-state index contributed by atoms with van der Waals surface area (Å²) in [7, 11) is 0. The van der Waals surface area contributed by atoms with Gasteiger partial charge in [0, 0.05) is 18.8 Å². The first kappa shape index (κ1) is 18.6. The molecule has 27 heavy (non-hydrogen) atoms. The number of fused-ring (bicyclic) bond motifs is 5. The summed E-state index contributed by atoms with van der Waals surface area (Å²) in [5.74, 6) is 1.68. The number of hydrogen-bond donors (Lipinski definition) is 0. The van der Waals surface area contributed by atoms with Gasteiger partial charge in [0.05, 0.1) is 0 Å². The monoisotopic (exact) mass is 370 g/mol. The first-order chi connectivity index (χ1) is 12.7. The summed E-state index contributed by atoms with van der Waals surface area (Å²) in [4.78, 5) is 36.6. The van der Waals surface area contributed by atoms with Crippen LogP contribution in [0.2, 0.25) is 0 Å². The molecule has 0 radical (unpaired) electrons. The maximum absolute atomic E-state index is 12.8. The predicted molar refractivity (Wildman–Crippen MR) is 102 cm³/mol. The highest BCUT2D eigenvalue weighted by Gasteiger charge is 2.68. The summed E-state index contributed by atoms with van der Waals surface area (Å²) in [5, 5.41) is 0. The van der Waals surface area contributed by atoms with E-state index in [0.29, 0.717) is 30.1 Å². The van der Waals surface area contributed by atoms with Crippen LogP contribution < -0.4 is 0 Å². The lowest BCUT2D eigenvalue weighted by Crippen LogP contribution is -2.58. The molecule has 0 bridgehead atoms. The van der Waals surface area contributed by atoms with Crippen molar-refractivity contribution in [3.63, 3.8) is 0 Å². The lowest BCUT2D eigenvalue weighted by Gasteiger charge is -2.55. The Kier molecular flexibility index (Phi) is 4.25. The van der Waals surface area contributed by atoms with E-state index < -0.39 is 11.6 Å². The summed E-state index contributed by atoms with van der Waals surface area (Å²) < 4.78 is 5.80. The molecular weight excluding hydrogens is 340 g/mol. The molecule has 0 aromatic heterocycles. The van der Waals surface area contributed by atoms with Gasteiger partial charge in [0.15, 0.2) is 17.2 Å². The number of allylic oxidation sites excluding steroid dienone is 1. The molecule has 0 unspecified atom stereocenters. The molecule has 4 rings (SSSR count). The number of ketones is 2. The van der Waals surface area contributed by atoms with E-state index in [9.17, 15) is 14.4 Å². The molecule has 0 aliphatic heterocycles. The van der Waals surface area contributed by atoms with Crippen molar-refractivity contribution in [1.82, 2.24) is 0 Å². The van der Waals surface area contributed by atoms with Crippen molar-refractivity contribution in [3.05, 3.63) is 23.8 Å². The minimum atomic E-state index is -1.17. The molecule has 3 fully saturated rings. The van der Waals surface area contributed by atoms with Gasteiger partial charge in [-0.3, -0.25) is 14.4 Å². The Morgan fingerprint density at radius 1 is 1.15 bits per heavy atom. The molecule has 0 spiro atoms. The van der Waals surface area contributed by atoms with Crippen LogP contribution in [0.3, 0.4) is 0 Å². The van der Waals surface area contributed by atoms with Crippen LogP contribution in [-0.4, -0.2) is 23.1 Å². The first-order valence-corrected chi connectivity index (χ1v) is 10.3. The zero-order valence-electron chi connectivity index (χ0n) is 16.7. The molecule has 6 atom stereocenters. The molecule has 0 saturated heterocycles. The molecule has 0 amide bonds. The van der Waals surface area contributed by atoms with Gasteiger partial charge in [-0.05, 0) is 80.8 Å². The Labute approximate surface area is 161 Å². The summed E-state index contributed by atoms with van der Waals surface area (Å²) >= 11 is 0. The molecule has 4 aliphatic carbocycles. The highest BCUT2D eigenvalue weighted by molar-refractivity contribution is 5.93. The summed E-state index contributed by atoms with van der Waals surface area (Å²) in [5.41, 5.74) is 0.575. The second-order valence-corrected chi connectivity index (χ2v) is 9.40. The van der Waals surface area contributed by atoms with E-state index >= 15 is 0 Å². The maximum atomic E-state index is 12.8. The largest absolute Gasteiger partial charge is 0.446 e. The van der Waals surface area contributed by atoms with Crippen LogP contribution in [0.4, 0.5) is 0 Å². The number of hydrogen-bond acceptors (Lipinski definition) is 4. The van der Waals surface area contributed by atoms with E-state index in [1.165, 1.54) is 12.5 Å². The lowest BCUT2D eigenvalue weighted by molar-refractivity contribution is -0.180. The Balaban J connectivity index is 1.71. The minimum absolute atomic E-state index is 0.0918. The molecule has 4 nitrogen and oxygen atoms in total. The van der Waals surface area contributed by atoms with Gasteiger partial charge in [-0.1, -0.05) is 19.1 Å². The summed E-state index contributed by atoms with van der Waals surface area (Å²) in [6.07, 6.45) is 8.23. The number of carbonyl (C=O) groups is 3. The van der Waals surface area contributed by atoms with Gasteiger partial charge < -0.3 is 4.74 Å². The predicted octanol–water partition coefficient (Wildman–Crippen LogP) is 4.19. The van der Waals surface area contributed by atoms with Crippen LogP contribution >= 0.6 is 0 Å². The van der Waals surface area contributed by atoms with Gasteiger partial charge in [0.2, 0.25) is 0 Å². The number of carbonyl (C=O) groups excluding carboxylic acids is 3. The van der Waals surface area contributed by atoms with E-state index in [2.05, 4.69) is 13.5 Å². The van der Waals surface area contributed by atoms with Crippen LogP contribution in [0.25, 0.3) is 0 Å². The van der Waals surface area contributed by atoms with Crippen molar-refractivity contribution >= 4 is 17.5 Å². The molecule has 0 aromatic rings. The van der Waals surface area contributed by atoms with Crippen LogP contribution in [0.1, 0.15) is 65.7 Å². The second-order valence-electron chi connectivity index (χ2n) is 9.40. The van der Waals surface area contributed by atoms with Gasteiger partial charge in [-0.25, -0.2) is 0 Å². The van der Waals surface area contributed by atoms with Crippen molar-refractivity contribution in [1.29, 1.82) is 0 Å². The SMILES string of the molecule is C=C1C[C@H]2[C@@H]3CCC4=CC(=O)CC[C@H]4[C@H]3CC[C@]2(C)[C@@]1(OC(C)=O)C(C)=O. The van der Waals surface area contributed by atoms with E-state index in [4.69, 9.17) is 4.74 Å². The lowest BCUT2D eigenvalue weighted by atomic mass is 9.50. The fourth-order valence-corrected chi connectivity index (χ4v) is 7.25. The molecular formula is C23H30O4. The van der Waals surface area contributed by atoms with Crippen LogP contribution in [0, 0.1) is 29.1 Å². The average Bonchev–Trinajstić information content (AvgIpc) is 2.82. The third kappa shape index (κ3) is 2.44. The Bertz CT molecular complexity index is 762. The molecule has 3 saturated carbocycles. The number of Topliss-reactive ketones (excluding diaryl/α,β-unsaturated/α-hetero) is 1. The second kappa shape index (κ2) is 6.15. The number of esters is 1. The van der Waals surface area contributed by atoms with Crippen molar-refractivity contribution < 1.29 is 19.1 Å². The van der Waals surface area contributed by atoms with Crippen molar-refractivity contribution in [2.24, 2.45) is 29.1 Å². The van der Waals surface area contributed by atoms with Gasteiger partial charge in [-0.15, -0.1) is 0 Å². The van der Waals surface area contributed by atoms with E-state index in [0.717, 1.165) is 44.1 Å². The van der Waals surface area contributed by atoms with Crippen molar-refractivity contribution in [2.75, 3.05) is 0 Å². The van der Waals surface area contributed by atoms with Crippen LogP contribution in [0.15, 0.2) is 23.8 Å². The fourth-order valence-electron chi connectivity index (χ4n) is 7.25. The maximum Gasteiger partial charge on any atom is 0.303 e. The molecule has 0 heterocycles. The number of rotatable bonds is 2. The van der Waals surface area contributed by atoms with Gasteiger partial charge in [0.1, 0.15) is 0 Å². The molecule has 4 heteroatoms. The topological polar surface area (TPSA) is 60.4 Å². The van der Waals surface area contributed by atoms with E-state index in [-0.39, 0.29) is 17.0 Å². The molecule has 4 aliphatic rings. The van der Waals surface area contributed by atoms with Crippen molar-refractivity contribution in [2.45, 2.75) is 71.3 Å². The molecule has 146 valence electrons. The third-order valence-electron chi connectivity index (χ3n) is 8.25. The van der Waals surface area contributed by atoms with Gasteiger partial charge >= 0.3 is 5.97 Å². The van der Waals surface area contributed by atoms with Crippen LogP contribution in [-0.2, 0) is 19.1 Å². The standard InChI is InChI=1S/C23H30O4/c1-13-11-21-20-7-5-16-12-17(26)6-8-18(16)19(20)9-10-22(21,4)23(13,14(2)24)27-15(3)25/h12,18-21H,1,5-11H2,2-4H3/t18-,19-,20-,21+,22+,23+/m1/s1. The Morgan fingerprint density at radius 3 is 2.56 bits per heavy atom. The summed E-state index contributed by atoms with van der Waals surface area (Å²) in [6, 6.07) is 0. The molecule has 0 N–H and O–H groups in total. The van der Waals surface area contributed by atoms with E-state index in [1.54, 1.807) is 6.92 Å².